The van der Waals surface area contributed by atoms with Gasteiger partial charge < -0.3 is 14.8 Å². The maximum Gasteiger partial charge on any atom is 0.302 e. The Morgan fingerprint density at radius 2 is 1.49 bits per heavy atom. The van der Waals surface area contributed by atoms with Crippen molar-refractivity contribution in [2.24, 2.45) is 56.7 Å². The van der Waals surface area contributed by atoms with Crippen LogP contribution in [-0.2, 0) is 23.9 Å². The molecule has 0 spiro atoms. The zero-order valence-electron chi connectivity index (χ0n) is 27.4. The highest BCUT2D eigenvalue weighted by molar-refractivity contribution is 5.73. The smallest absolute Gasteiger partial charge is 0.302 e. The average molecular weight is 572 g/mol. The van der Waals surface area contributed by atoms with Crippen molar-refractivity contribution < 1.29 is 23.9 Å². The lowest BCUT2D eigenvalue weighted by atomic mass is 9.32. The summed E-state index contributed by atoms with van der Waals surface area (Å²) in [4.78, 5) is 36.1. The summed E-state index contributed by atoms with van der Waals surface area (Å²) in [6, 6.07) is 0.121. The van der Waals surface area contributed by atoms with Crippen LogP contribution in [0, 0.1) is 56.7 Å². The largest absolute Gasteiger partial charge is 0.465 e. The van der Waals surface area contributed by atoms with Crippen LogP contribution in [0.4, 0.5) is 0 Å². The zero-order chi connectivity index (χ0) is 30.2. The van der Waals surface area contributed by atoms with Gasteiger partial charge in [0.05, 0.1) is 6.61 Å². The van der Waals surface area contributed by atoms with Crippen molar-refractivity contribution in [1.29, 1.82) is 0 Å². The molecule has 5 aliphatic carbocycles. The summed E-state index contributed by atoms with van der Waals surface area (Å²) >= 11 is 0. The standard InChI is InChI=1S/C35H57NO5/c1-21(36-22(2)37)25-12-17-35(20-40-23(3)38)19-18-33(8)26(30(25)35)10-11-28-32(7)15-14-29(41-24(4)39)31(5,6)27(32)13-16-34(28,33)9/h21,25-30H,10-20H2,1-9H3,(H,36,37)/t21-,25+,26-,27-,28+,29-,30-,32+,33-,34-,35-/m0/s1. The third-order valence-corrected chi connectivity index (χ3v) is 14.5. The molecule has 0 aromatic rings. The second-order valence-corrected chi connectivity index (χ2v) is 16.5. The van der Waals surface area contributed by atoms with E-state index in [0.717, 1.165) is 32.1 Å². The van der Waals surface area contributed by atoms with Gasteiger partial charge in [-0.25, -0.2) is 0 Å². The van der Waals surface area contributed by atoms with Crippen molar-refractivity contribution in [3.8, 4) is 0 Å². The highest BCUT2D eigenvalue weighted by Gasteiger charge is 2.71. The maximum absolute atomic E-state index is 12.1. The second kappa shape index (κ2) is 10.3. The van der Waals surface area contributed by atoms with Crippen LogP contribution in [0.3, 0.4) is 0 Å². The molecule has 6 nitrogen and oxygen atoms in total. The van der Waals surface area contributed by atoms with Crippen LogP contribution < -0.4 is 5.32 Å². The Hall–Kier alpha value is -1.59. The van der Waals surface area contributed by atoms with E-state index < -0.39 is 0 Å². The normalized spacial score (nSPS) is 47.0. The lowest BCUT2D eigenvalue weighted by Gasteiger charge is -2.73. The zero-order valence-corrected chi connectivity index (χ0v) is 27.4. The molecule has 232 valence electrons. The number of hydrogen-bond donors (Lipinski definition) is 1. The van der Waals surface area contributed by atoms with Crippen LogP contribution in [0.25, 0.3) is 0 Å². The van der Waals surface area contributed by atoms with Gasteiger partial charge in [0, 0.05) is 37.6 Å². The molecule has 5 saturated carbocycles. The molecule has 0 aromatic carbocycles. The fourth-order valence-corrected chi connectivity index (χ4v) is 12.7. The Morgan fingerprint density at radius 1 is 0.780 bits per heavy atom. The van der Waals surface area contributed by atoms with Gasteiger partial charge in [0.15, 0.2) is 0 Å². The molecule has 1 N–H and O–H groups in total. The van der Waals surface area contributed by atoms with Gasteiger partial charge in [0.25, 0.3) is 0 Å². The predicted octanol–water partition coefficient (Wildman–Crippen LogP) is 7.09. The molecule has 1 amide bonds. The molecule has 41 heavy (non-hydrogen) atoms. The number of carbonyl (C=O) groups is 3. The van der Waals surface area contributed by atoms with E-state index in [1.165, 1.54) is 39.0 Å². The second-order valence-electron chi connectivity index (χ2n) is 16.5. The van der Waals surface area contributed by atoms with E-state index in [4.69, 9.17) is 9.47 Å². The molecule has 0 aromatic heterocycles. The summed E-state index contributed by atoms with van der Waals surface area (Å²) in [6.07, 6.45) is 11.4. The first-order valence-corrected chi connectivity index (χ1v) is 16.6. The molecule has 0 heterocycles. The summed E-state index contributed by atoms with van der Waals surface area (Å²) in [7, 11) is 0. The van der Waals surface area contributed by atoms with Gasteiger partial charge in [-0.15, -0.1) is 0 Å². The predicted molar refractivity (Wildman–Crippen MR) is 160 cm³/mol. The Balaban J connectivity index is 1.50. The van der Waals surface area contributed by atoms with Gasteiger partial charge in [-0.1, -0.05) is 34.6 Å². The van der Waals surface area contributed by atoms with Gasteiger partial charge in [0.2, 0.25) is 5.91 Å². The minimum absolute atomic E-state index is 0.000408. The van der Waals surface area contributed by atoms with E-state index in [9.17, 15) is 14.4 Å². The van der Waals surface area contributed by atoms with Crippen LogP contribution in [0.1, 0.15) is 127 Å². The molecule has 0 radical (unpaired) electrons. The van der Waals surface area contributed by atoms with Crippen molar-refractivity contribution in [1.82, 2.24) is 5.32 Å². The average Bonchev–Trinajstić information content (AvgIpc) is 3.24. The number of nitrogens with one attached hydrogen (secondary N) is 1. The summed E-state index contributed by atoms with van der Waals surface area (Å²) in [5.74, 6) is 2.30. The van der Waals surface area contributed by atoms with E-state index >= 15 is 0 Å². The van der Waals surface area contributed by atoms with Gasteiger partial charge in [-0.2, -0.15) is 0 Å². The van der Waals surface area contributed by atoms with Gasteiger partial charge in [0.1, 0.15) is 6.10 Å². The molecule has 11 atom stereocenters. The van der Waals surface area contributed by atoms with Crippen LogP contribution in [0.15, 0.2) is 0 Å². The lowest BCUT2D eigenvalue weighted by Crippen LogP contribution is -2.67. The molecule has 0 bridgehead atoms. The SMILES string of the molecule is CC(=O)N[C@@H](C)[C@H]1CC[C@@]2(COC(C)=O)CC[C@@]3(C)[C@@H](CC[C@@H]4[C@]5(C)CC[C@H](OC(C)=O)C(C)(C)[C@@H]5CC[C@@]43C)[C@H]12. The first-order chi connectivity index (χ1) is 19.0. The minimum atomic E-state index is -0.182. The number of esters is 2. The Bertz CT molecular complexity index is 1070. The maximum atomic E-state index is 12.1. The fraction of sp³-hybridized carbons (Fsp3) is 0.914. The Kier molecular flexibility index (Phi) is 7.72. The number of ether oxygens (including phenoxy) is 2. The first-order valence-electron chi connectivity index (χ1n) is 16.6. The summed E-state index contributed by atoms with van der Waals surface area (Å²) < 4.78 is 11.7. The molecular weight excluding hydrogens is 514 g/mol. The van der Waals surface area contributed by atoms with E-state index in [0.29, 0.717) is 36.2 Å². The van der Waals surface area contributed by atoms with E-state index in [1.807, 2.05) is 0 Å². The molecule has 5 fully saturated rings. The molecule has 5 rings (SSSR count). The molecule has 0 unspecified atom stereocenters. The van der Waals surface area contributed by atoms with E-state index in [1.54, 1.807) is 13.8 Å². The third kappa shape index (κ3) is 4.58. The summed E-state index contributed by atoms with van der Waals surface area (Å²) in [6.45, 7) is 20.0. The molecule has 0 saturated heterocycles. The van der Waals surface area contributed by atoms with Crippen molar-refractivity contribution in [2.75, 3.05) is 6.61 Å². The van der Waals surface area contributed by atoms with E-state index in [2.05, 4.69) is 46.9 Å². The van der Waals surface area contributed by atoms with Gasteiger partial charge >= 0.3 is 11.9 Å². The van der Waals surface area contributed by atoms with Gasteiger partial charge in [-0.05, 0) is 117 Å². The number of hydrogen-bond acceptors (Lipinski definition) is 5. The number of carbonyl (C=O) groups excluding carboxylic acids is 3. The Morgan fingerprint density at radius 3 is 2.12 bits per heavy atom. The summed E-state index contributed by atoms with van der Waals surface area (Å²) in [5.41, 5.74) is 0.634. The third-order valence-electron chi connectivity index (χ3n) is 14.5. The topological polar surface area (TPSA) is 81.7 Å². The van der Waals surface area contributed by atoms with Gasteiger partial charge in [-0.3, -0.25) is 14.4 Å². The minimum Gasteiger partial charge on any atom is -0.465 e. The summed E-state index contributed by atoms with van der Waals surface area (Å²) in [5, 5.41) is 3.26. The molecule has 5 aliphatic rings. The first kappa shape index (κ1) is 30.9. The van der Waals surface area contributed by atoms with Crippen LogP contribution in [-0.4, -0.2) is 36.6 Å². The molecular formula is C35H57NO5. The van der Waals surface area contributed by atoms with Crippen molar-refractivity contribution in [3.63, 3.8) is 0 Å². The van der Waals surface area contributed by atoms with Crippen molar-refractivity contribution in [3.05, 3.63) is 0 Å². The van der Waals surface area contributed by atoms with Crippen LogP contribution in [0.5, 0.6) is 0 Å². The quantitative estimate of drug-likeness (QED) is 0.356. The molecule has 6 heteroatoms. The highest BCUT2D eigenvalue weighted by Crippen LogP contribution is 2.77. The fourth-order valence-electron chi connectivity index (χ4n) is 12.7. The number of rotatable bonds is 5. The Labute approximate surface area is 248 Å². The lowest BCUT2D eigenvalue weighted by molar-refractivity contribution is -0.253. The van der Waals surface area contributed by atoms with Crippen LogP contribution in [0.2, 0.25) is 0 Å². The van der Waals surface area contributed by atoms with E-state index in [-0.39, 0.29) is 57.1 Å². The van der Waals surface area contributed by atoms with Crippen molar-refractivity contribution in [2.45, 2.75) is 139 Å². The molecule has 0 aliphatic heterocycles. The van der Waals surface area contributed by atoms with Crippen molar-refractivity contribution >= 4 is 17.8 Å². The monoisotopic (exact) mass is 571 g/mol. The number of amides is 1. The van der Waals surface area contributed by atoms with Crippen LogP contribution >= 0.6 is 0 Å². The number of fused-ring (bicyclic) bond motifs is 7. The highest BCUT2D eigenvalue weighted by atomic mass is 16.5.